The van der Waals surface area contributed by atoms with Gasteiger partial charge in [0.2, 0.25) is 0 Å². The maximum absolute atomic E-state index is 10.6. The van der Waals surface area contributed by atoms with Gasteiger partial charge in [-0.1, -0.05) is 37.3 Å². The van der Waals surface area contributed by atoms with E-state index >= 15 is 0 Å². The van der Waals surface area contributed by atoms with Gasteiger partial charge in [-0.2, -0.15) is 0 Å². The molecule has 2 N–H and O–H groups in total. The Morgan fingerprint density at radius 3 is 2.20 bits per heavy atom. The molecule has 0 spiro atoms. The molecule has 1 aliphatic heterocycles. The van der Waals surface area contributed by atoms with Crippen molar-refractivity contribution in [1.82, 2.24) is 4.90 Å². The molecule has 2 atom stereocenters. The number of benzene rings is 1. The molecular formula is C21H35NO3. The number of piperidine rings is 1. The fourth-order valence-electron chi connectivity index (χ4n) is 4.37. The van der Waals surface area contributed by atoms with Gasteiger partial charge >= 0.3 is 0 Å². The number of hydrogen-bond acceptors (Lipinski definition) is 4. The van der Waals surface area contributed by atoms with Crippen molar-refractivity contribution in [3.05, 3.63) is 35.9 Å². The molecule has 1 fully saturated rings. The quantitative estimate of drug-likeness (QED) is 0.791. The Morgan fingerprint density at radius 2 is 1.68 bits per heavy atom. The van der Waals surface area contributed by atoms with Crippen molar-refractivity contribution >= 4 is 0 Å². The van der Waals surface area contributed by atoms with E-state index in [9.17, 15) is 10.2 Å². The first-order valence-corrected chi connectivity index (χ1v) is 9.46. The van der Waals surface area contributed by atoms with Crippen LogP contribution in [0.3, 0.4) is 0 Å². The Bertz CT molecular complexity index is 511. The fourth-order valence-corrected chi connectivity index (χ4v) is 4.37. The lowest BCUT2D eigenvalue weighted by atomic mass is 9.78. The van der Waals surface area contributed by atoms with Gasteiger partial charge in [0.15, 0.2) is 0 Å². The van der Waals surface area contributed by atoms with Crippen molar-refractivity contribution in [2.75, 3.05) is 13.2 Å². The molecule has 142 valence electrons. The van der Waals surface area contributed by atoms with Crippen LogP contribution in [0.1, 0.15) is 65.5 Å². The Balaban J connectivity index is 1.95. The summed E-state index contributed by atoms with van der Waals surface area (Å²) in [5.41, 5.74) is 0.858. The van der Waals surface area contributed by atoms with Gasteiger partial charge < -0.3 is 14.9 Å². The predicted octanol–water partition coefficient (Wildman–Crippen LogP) is 3.53. The number of rotatable bonds is 7. The number of likely N-dealkylation sites (tertiary alicyclic amines) is 1. The number of β-amino-alcohol motifs (C(OH)–C–C–N with tert-alkyl or cyclic N) is 1. The molecule has 1 aromatic carbocycles. The third-order valence-corrected chi connectivity index (χ3v) is 5.36. The minimum absolute atomic E-state index is 0.0139. The Kier molecular flexibility index (Phi) is 6.66. The van der Waals surface area contributed by atoms with E-state index in [1.165, 1.54) is 0 Å². The summed E-state index contributed by atoms with van der Waals surface area (Å²) in [5, 5.41) is 20.7. The van der Waals surface area contributed by atoms with E-state index in [-0.39, 0.29) is 23.3 Å². The highest BCUT2D eigenvalue weighted by molar-refractivity contribution is 5.17. The van der Waals surface area contributed by atoms with Gasteiger partial charge in [0, 0.05) is 17.6 Å². The van der Waals surface area contributed by atoms with Gasteiger partial charge in [-0.05, 0) is 52.5 Å². The van der Waals surface area contributed by atoms with Crippen LogP contribution in [0.5, 0.6) is 0 Å². The molecule has 4 nitrogen and oxygen atoms in total. The molecule has 1 saturated heterocycles. The second-order valence-electron chi connectivity index (χ2n) is 8.59. The first-order valence-electron chi connectivity index (χ1n) is 9.46. The van der Waals surface area contributed by atoms with Gasteiger partial charge in [0.05, 0.1) is 24.9 Å². The van der Waals surface area contributed by atoms with Crippen LogP contribution in [0.4, 0.5) is 0 Å². The molecule has 0 saturated carbocycles. The van der Waals surface area contributed by atoms with Crippen LogP contribution in [0.25, 0.3) is 0 Å². The second-order valence-corrected chi connectivity index (χ2v) is 8.59. The summed E-state index contributed by atoms with van der Waals surface area (Å²) in [6.07, 6.45) is 1.52. The third kappa shape index (κ3) is 5.27. The van der Waals surface area contributed by atoms with E-state index < -0.39 is 6.10 Å². The molecular weight excluding hydrogens is 314 g/mol. The van der Waals surface area contributed by atoms with Gasteiger partial charge in [-0.3, -0.25) is 4.90 Å². The highest BCUT2D eigenvalue weighted by atomic mass is 16.5. The summed E-state index contributed by atoms with van der Waals surface area (Å²) < 4.78 is 6.01. The van der Waals surface area contributed by atoms with E-state index in [0.29, 0.717) is 13.2 Å². The number of nitrogens with zero attached hydrogens (tertiary/aromatic N) is 1. The van der Waals surface area contributed by atoms with Crippen molar-refractivity contribution in [3.8, 4) is 0 Å². The zero-order valence-corrected chi connectivity index (χ0v) is 16.4. The molecule has 0 radical (unpaired) electrons. The van der Waals surface area contributed by atoms with Crippen LogP contribution in [0.2, 0.25) is 0 Å². The SMILES string of the molecule is CC[C@@H](OC[C@@H](O)CN1C(C)(C)CC(O)CC1(C)C)c1ccccc1. The number of ether oxygens (including phenoxy) is 1. The van der Waals surface area contributed by atoms with Crippen LogP contribution in [-0.2, 0) is 4.74 Å². The zero-order chi connectivity index (χ0) is 18.7. The van der Waals surface area contributed by atoms with E-state index in [2.05, 4.69) is 51.7 Å². The monoisotopic (exact) mass is 349 g/mol. The van der Waals surface area contributed by atoms with Crippen LogP contribution in [-0.4, -0.2) is 51.6 Å². The topological polar surface area (TPSA) is 52.9 Å². The summed E-state index contributed by atoms with van der Waals surface area (Å²) in [6.45, 7) is 11.5. The fraction of sp³-hybridized carbons (Fsp3) is 0.714. The standard InChI is InChI=1S/C21H35NO3/c1-6-19(16-10-8-7-9-11-16)25-15-18(24)14-22-20(2,3)12-17(23)13-21(22,4)5/h7-11,17-19,23-24H,6,12-15H2,1-5H3/t18-,19+/m0/s1. The highest BCUT2D eigenvalue weighted by Crippen LogP contribution is 2.38. The van der Waals surface area contributed by atoms with Crippen molar-refractivity contribution in [2.45, 2.75) is 83.3 Å². The van der Waals surface area contributed by atoms with Crippen molar-refractivity contribution in [1.29, 1.82) is 0 Å². The van der Waals surface area contributed by atoms with Crippen molar-refractivity contribution < 1.29 is 14.9 Å². The molecule has 1 aliphatic rings. The molecule has 1 aromatic rings. The average molecular weight is 350 g/mol. The van der Waals surface area contributed by atoms with E-state index in [1.54, 1.807) is 0 Å². The molecule has 4 heteroatoms. The smallest absolute Gasteiger partial charge is 0.0900 e. The van der Waals surface area contributed by atoms with E-state index in [4.69, 9.17) is 4.74 Å². The van der Waals surface area contributed by atoms with Gasteiger partial charge in [-0.15, -0.1) is 0 Å². The van der Waals surface area contributed by atoms with E-state index in [1.807, 2.05) is 18.2 Å². The molecule has 1 heterocycles. The van der Waals surface area contributed by atoms with Crippen molar-refractivity contribution in [3.63, 3.8) is 0 Å². The largest absolute Gasteiger partial charge is 0.393 e. The van der Waals surface area contributed by atoms with Crippen molar-refractivity contribution in [2.24, 2.45) is 0 Å². The predicted molar refractivity (Wildman–Crippen MR) is 102 cm³/mol. The Labute approximate surface area is 152 Å². The van der Waals surface area contributed by atoms with Gasteiger partial charge in [-0.25, -0.2) is 0 Å². The zero-order valence-electron chi connectivity index (χ0n) is 16.4. The third-order valence-electron chi connectivity index (χ3n) is 5.36. The second kappa shape index (κ2) is 8.17. The number of aliphatic hydroxyl groups is 2. The molecule has 0 bridgehead atoms. The molecule has 0 aliphatic carbocycles. The maximum Gasteiger partial charge on any atom is 0.0900 e. The summed E-state index contributed by atoms with van der Waals surface area (Å²) in [7, 11) is 0. The minimum atomic E-state index is -0.549. The molecule has 25 heavy (non-hydrogen) atoms. The van der Waals surface area contributed by atoms with Crippen LogP contribution < -0.4 is 0 Å². The Hall–Kier alpha value is -0.940. The molecule has 2 rings (SSSR count). The van der Waals surface area contributed by atoms with Gasteiger partial charge in [0.25, 0.3) is 0 Å². The minimum Gasteiger partial charge on any atom is -0.393 e. The normalized spacial score (nSPS) is 23.3. The van der Waals surface area contributed by atoms with Gasteiger partial charge in [0.1, 0.15) is 0 Å². The lowest BCUT2D eigenvalue weighted by Crippen LogP contribution is -2.63. The summed E-state index contributed by atoms with van der Waals surface area (Å²) in [4.78, 5) is 2.32. The molecule has 0 amide bonds. The van der Waals surface area contributed by atoms with Crippen LogP contribution in [0.15, 0.2) is 30.3 Å². The maximum atomic E-state index is 10.6. The first-order chi connectivity index (χ1) is 11.7. The molecule has 0 unspecified atom stereocenters. The Morgan fingerprint density at radius 1 is 1.12 bits per heavy atom. The lowest BCUT2D eigenvalue weighted by Gasteiger charge is -2.55. The number of hydrogen-bond donors (Lipinski definition) is 2. The highest BCUT2D eigenvalue weighted by Gasteiger charge is 2.45. The average Bonchev–Trinajstić information content (AvgIpc) is 2.51. The lowest BCUT2D eigenvalue weighted by molar-refractivity contribution is -0.109. The first kappa shape index (κ1) is 20.4. The van der Waals surface area contributed by atoms with E-state index in [0.717, 1.165) is 24.8 Å². The number of aliphatic hydroxyl groups excluding tert-OH is 2. The van der Waals surface area contributed by atoms with Crippen LogP contribution >= 0.6 is 0 Å². The summed E-state index contributed by atoms with van der Waals surface area (Å²) in [5.74, 6) is 0. The summed E-state index contributed by atoms with van der Waals surface area (Å²) >= 11 is 0. The summed E-state index contributed by atoms with van der Waals surface area (Å²) in [6, 6.07) is 10.2. The molecule has 0 aromatic heterocycles. The van der Waals surface area contributed by atoms with Crippen LogP contribution in [0, 0.1) is 0 Å².